The Kier molecular flexibility index (Phi) is 56.7. The minimum atomic E-state index is -2.59. The number of carboxylic acids is 4. The predicted molar refractivity (Wildman–Crippen MR) is 219 cm³/mol. The average molecular weight is 1090 g/mol. The summed E-state index contributed by atoms with van der Waals surface area (Å²) in [4.78, 5) is 32.1. The number of nitrogens with one attached hydrogen (secondary N) is 2. The quantitative estimate of drug-likeness (QED) is 0.0353. The molecule has 16 nitrogen and oxygen atoms in total. The van der Waals surface area contributed by atoms with E-state index < -0.39 is 39.2 Å². The maximum atomic E-state index is 10.2. The molecule has 0 bridgehead atoms. The van der Waals surface area contributed by atoms with E-state index >= 15 is 0 Å². The summed E-state index contributed by atoms with van der Waals surface area (Å²) in [6, 6.07) is 0. The van der Waals surface area contributed by atoms with Gasteiger partial charge in [0.1, 0.15) is 25.7 Å². The number of alkyl halides is 4. The summed E-state index contributed by atoms with van der Waals surface area (Å²) in [7, 11) is -5.18. The number of aliphatic carboxylic acids is 4. The van der Waals surface area contributed by atoms with Crippen molar-refractivity contribution in [2.75, 3.05) is 76.0 Å². The van der Waals surface area contributed by atoms with Crippen LogP contribution in [0.1, 0.15) is 91.9 Å². The molecule has 2 aliphatic heterocycles. The molecule has 2 aliphatic rings. The summed E-state index contributed by atoms with van der Waals surface area (Å²) in [5.74, 6) is 0.00756. The molecule has 0 aromatic carbocycles. The van der Waals surface area contributed by atoms with Gasteiger partial charge in [-0.2, -0.15) is 19.5 Å². The number of hydrogen-bond donors (Lipinski definition) is 6. The molecule has 2 saturated heterocycles. The SMILES string of the molecule is CCCC(O)=[OH+].CCCC(O)=[OH+].CCCC(O)=[OH+].CCCC(O)=[OH+].[OH+]=P1(N(CCCl)CCCl)NCCCO1.[OH+]=P1(N(CCCl)CCCl)NCCCO1.[Rh].[Rh]. The summed E-state index contributed by atoms with van der Waals surface area (Å²) in [5, 5.41) is 38.1. The molecule has 2 radical (unpaired) electrons. The van der Waals surface area contributed by atoms with E-state index in [-0.39, 0.29) is 39.0 Å². The number of carboxylic acid groups (broad SMARTS) is 4. The first-order valence-corrected chi connectivity index (χ1v) is 22.6. The third-order valence-corrected chi connectivity index (χ3v) is 11.2. The van der Waals surface area contributed by atoms with Gasteiger partial charge in [0.2, 0.25) is 0 Å². The third-order valence-electron chi connectivity index (χ3n) is 5.85. The fraction of sp³-hybridized carbons (Fsp3) is 0.867. The first-order chi connectivity index (χ1) is 24.5. The van der Waals surface area contributed by atoms with E-state index in [0.717, 1.165) is 51.6 Å². The number of aliphatic hydroxyl groups excluding tert-OH is 4. The third kappa shape index (κ3) is 43.6. The van der Waals surface area contributed by atoms with Crippen LogP contribution >= 0.6 is 61.7 Å². The van der Waals surface area contributed by atoms with E-state index in [1.54, 1.807) is 0 Å². The van der Waals surface area contributed by atoms with Gasteiger partial charge < -0.3 is 39.6 Å². The molecule has 54 heavy (non-hydrogen) atoms. The van der Waals surface area contributed by atoms with Crippen molar-refractivity contribution in [3.8, 4) is 0 Å². The van der Waals surface area contributed by atoms with Crippen molar-refractivity contribution < 1.29 is 96.7 Å². The van der Waals surface area contributed by atoms with E-state index in [2.05, 4.69) is 10.2 Å². The monoisotopic (exact) mass is 1080 g/mol. The van der Waals surface area contributed by atoms with E-state index in [0.29, 0.717) is 88.6 Å². The van der Waals surface area contributed by atoms with Gasteiger partial charge in [0, 0.05) is 102 Å². The minimum absolute atomic E-state index is 0. The second kappa shape index (κ2) is 46.2. The molecule has 2 rings (SSSR count). The number of hydrogen-bond acceptors (Lipinski definition) is 2. The molecular formula is C30H68Cl4N4O12P2Rh2+6. The molecule has 0 aromatic rings. The Bertz CT molecular complexity index is 882. The summed E-state index contributed by atoms with van der Waals surface area (Å²) < 4.78 is 34.8. The summed E-state index contributed by atoms with van der Waals surface area (Å²) >= 11 is 22.6. The number of halogens is 4. The largest absolute Gasteiger partial charge is 0.517 e. The Morgan fingerprint density at radius 1 is 0.537 bits per heavy atom. The zero-order valence-electron chi connectivity index (χ0n) is 31.8. The van der Waals surface area contributed by atoms with Crippen LogP contribution < -0.4 is 10.2 Å². The van der Waals surface area contributed by atoms with Crippen molar-refractivity contribution in [3.63, 3.8) is 0 Å². The van der Waals surface area contributed by atoms with Gasteiger partial charge in [-0.15, -0.1) is 46.4 Å². The molecule has 2 fully saturated rings. The fourth-order valence-corrected chi connectivity index (χ4v) is 8.83. The second-order valence-corrected chi connectivity index (χ2v) is 16.6. The Labute approximate surface area is 367 Å². The zero-order chi connectivity index (χ0) is 40.8. The van der Waals surface area contributed by atoms with E-state index in [9.17, 15) is 9.13 Å². The van der Waals surface area contributed by atoms with Crippen LogP contribution in [0.2, 0.25) is 0 Å². The average Bonchev–Trinajstić information content (AvgIpc) is 3.06. The summed E-state index contributed by atoms with van der Waals surface area (Å²) in [6.45, 7) is 12.6. The van der Waals surface area contributed by atoms with Crippen molar-refractivity contribution in [1.29, 1.82) is 0 Å². The molecule has 0 saturated carbocycles. The smallest absolute Gasteiger partial charge is 0.339 e. The van der Waals surface area contributed by atoms with Crippen LogP contribution in [0.5, 0.6) is 0 Å². The van der Waals surface area contributed by atoms with Crippen LogP contribution in [0.15, 0.2) is 0 Å². The zero-order valence-corrected chi connectivity index (χ0v) is 39.9. The topological polar surface area (TPSA) is 258 Å². The van der Waals surface area contributed by atoms with E-state index in [4.69, 9.17) is 95.1 Å². The predicted octanol–water partition coefficient (Wildman–Crippen LogP) is 7.03. The van der Waals surface area contributed by atoms with Crippen LogP contribution in [0.25, 0.3) is 0 Å². The number of rotatable bonds is 18. The molecule has 24 heteroatoms. The molecule has 0 aromatic heterocycles. The first-order valence-electron chi connectivity index (χ1n) is 17.3. The van der Waals surface area contributed by atoms with Crippen LogP contribution in [0.3, 0.4) is 0 Å². The van der Waals surface area contributed by atoms with Gasteiger partial charge in [0.25, 0.3) is 0 Å². The van der Waals surface area contributed by atoms with Crippen molar-refractivity contribution in [1.82, 2.24) is 19.5 Å². The van der Waals surface area contributed by atoms with Crippen molar-refractivity contribution in [2.24, 2.45) is 0 Å². The second-order valence-electron chi connectivity index (χ2n) is 10.6. The molecular weight excluding hydrogens is 1020 g/mol. The Balaban J connectivity index is -0.000000134. The van der Waals surface area contributed by atoms with Gasteiger partial charge in [-0.05, 0) is 38.5 Å². The minimum Gasteiger partial charge on any atom is -0.339 e. The molecule has 2 atom stereocenters. The normalized spacial score (nSPS) is 18.3. The van der Waals surface area contributed by atoms with Crippen LogP contribution in [0.4, 0.5) is 0 Å². The molecule has 0 aliphatic carbocycles. The summed E-state index contributed by atoms with van der Waals surface area (Å²) in [6.07, 6.45) is 6.64. The van der Waals surface area contributed by atoms with Gasteiger partial charge in [0.15, 0.2) is 0 Å². The van der Waals surface area contributed by atoms with Gasteiger partial charge in [-0.25, -0.2) is 0 Å². The van der Waals surface area contributed by atoms with Gasteiger partial charge in [0.05, 0.1) is 13.2 Å². The van der Waals surface area contributed by atoms with Gasteiger partial charge >= 0.3 is 39.2 Å². The van der Waals surface area contributed by atoms with Gasteiger partial charge in [-0.3, -0.25) is 18.2 Å². The fourth-order valence-electron chi connectivity index (χ4n) is 3.48. The van der Waals surface area contributed by atoms with E-state index in [1.165, 1.54) is 0 Å². The first kappa shape index (κ1) is 66.3. The van der Waals surface area contributed by atoms with Crippen molar-refractivity contribution in [2.45, 2.75) is 91.9 Å². The molecule has 330 valence electrons. The van der Waals surface area contributed by atoms with Crippen LogP contribution in [-0.4, -0.2) is 158 Å². The van der Waals surface area contributed by atoms with Crippen LogP contribution in [-0.2, 0) is 48.0 Å². The van der Waals surface area contributed by atoms with Crippen molar-refractivity contribution >= 4 is 85.6 Å². The molecule has 0 amide bonds. The number of nitrogens with zero attached hydrogens (tertiary/aromatic N) is 2. The Morgan fingerprint density at radius 2 is 0.759 bits per heavy atom. The summed E-state index contributed by atoms with van der Waals surface area (Å²) in [5.41, 5.74) is 0. The molecule has 0 spiro atoms. The molecule has 2 heterocycles. The Morgan fingerprint density at radius 3 is 0.870 bits per heavy atom. The maximum Gasteiger partial charge on any atom is 0.517 e. The van der Waals surface area contributed by atoms with Crippen LogP contribution in [0, 0.1) is 0 Å². The molecule has 12 N–H and O–H groups in total. The standard InChI is InChI=1S/2C7H15Cl2N2O2P.4C4H8O2.2Rh/c2*8-2-5-11(6-3-9)14(12)10-4-1-7-13-14;4*1-2-3-4(5)6;;/h2*1-7H2,(H,10,12);4*2-3H2,1H3,(H,5,6);;/p+6. The Hall–Kier alpha value is 0.507. The maximum absolute atomic E-state index is 10.2. The van der Waals surface area contributed by atoms with Crippen molar-refractivity contribution in [3.05, 3.63) is 0 Å². The molecule has 2 unspecified atom stereocenters. The van der Waals surface area contributed by atoms with Gasteiger partial charge in [-0.1, -0.05) is 27.7 Å². The van der Waals surface area contributed by atoms with E-state index in [1.807, 2.05) is 37.0 Å².